The van der Waals surface area contributed by atoms with Crippen molar-refractivity contribution in [3.05, 3.63) is 27.8 Å². The van der Waals surface area contributed by atoms with Gasteiger partial charge in [0.05, 0.1) is 4.90 Å². The predicted molar refractivity (Wildman–Crippen MR) is 86.8 cm³/mol. The van der Waals surface area contributed by atoms with E-state index in [1.165, 1.54) is 0 Å². The lowest BCUT2D eigenvalue weighted by Gasteiger charge is -2.17. The molecule has 0 unspecified atom stereocenters. The van der Waals surface area contributed by atoms with Crippen LogP contribution in [0.15, 0.2) is 29.2 Å². The van der Waals surface area contributed by atoms with Crippen molar-refractivity contribution in [1.29, 1.82) is 0 Å². The Morgan fingerprint density at radius 1 is 1.16 bits per heavy atom. The normalized spacial score (nSPS) is 12.0. The minimum atomic E-state index is -3.36. The highest BCUT2D eigenvalue weighted by atomic mass is 127. The zero-order valence-corrected chi connectivity index (χ0v) is 14.4. The molecule has 1 N–H and O–H groups in total. The maximum atomic E-state index is 12.0. The summed E-state index contributed by atoms with van der Waals surface area (Å²) in [5.74, 6) is 0. The molecule has 0 amide bonds. The molecule has 1 aromatic rings. The largest absolute Gasteiger partial charge is 0.304 e. The minimum Gasteiger partial charge on any atom is -0.304 e. The molecule has 0 aliphatic carbocycles. The highest BCUT2D eigenvalue weighted by molar-refractivity contribution is 14.1. The summed E-state index contributed by atoms with van der Waals surface area (Å²) in [5, 5.41) is 0. The summed E-state index contributed by atoms with van der Waals surface area (Å²) in [6.07, 6.45) is 0.825. The van der Waals surface area contributed by atoms with Crippen LogP contribution in [0, 0.1) is 3.57 Å². The molecular formula is C13H21IN2O2S. The van der Waals surface area contributed by atoms with Crippen molar-refractivity contribution >= 4 is 32.6 Å². The van der Waals surface area contributed by atoms with Gasteiger partial charge in [0.1, 0.15) is 0 Å². The number of rotatable bonds is 8. The number of halogens is 1. The summed E-state index contributed by atoms with van der Waals surface area (Å²) in [5.41, 5.74) is 0. The average Bonchev–Trinajstić information content (AvgIpc) is 2.39. The van der Waals surface area contributed by atoms with Crippen LogP contribution in [0.4, 0.5) is 0 Å². The zero-order valence-electron chi connectivity index (χ0n) is 11.4. The van der Waals surface area contributed by atoms with Crippen molar-refractivity contribution in [2.75, 3.05) is 26.2 Å². The molecule has 1 aromatic carbocycles. The van der Waals surface area contributed by atoms with Gasteiger partial charge in [-0.15, -0.1) is 0 Å². The first-order valence-corrected chi connectivity index (χ1v) is 9.03. The lowest BCUT2D eigenvalue weighted by molar-refractivity contribution is 0.300. The number of hydrogen-bond acceptors (Lipinski definition) is 3. The molecule has 19 heavy (non-hydrogen) atoms. The number of benzene rings is 1. The van der Waals surface area contributed by atoms with Crippen LogP contribution in [0.3, 0.4) is 0 Å². The molecular weight excluding hydrogens is 375 g/mol. The van der Waals surface area contributed by atoms with Gasteiger partial charge < -0.3 is 4.90 Å². The molecule has 0 saturated heterocycles. The maximum absolute atomic E-state index is 12.0. The summed E-state index contributed by atoms with van der Waals surface area (Å²) < 4.78 is 27.7. The average molecular weight is 396 g/mol. The number of hydrogen-bond donors (Lipinski definition) is 1. The first-order valence-electron chi connectivity index (χ1n) is 6.47. The Labute approximate surface area is 129 Å². The monoisotopic (exact) mass is 396 g/mol. The second-order valence-electron chi connectivity index (χ2n) is 4.23. The zero-order chi connectivity index (χ0) is 14.3. The van der Waals surface area contributed by atoms with Gasteiger partial charge in [0.2, 0.25) is 10.0 Å². The van der Waals surface area contributed by atoms with Gasteiger partial charge in [-0.2, -0.15) is 0 Å². The topological polar surface area (TPSA) is 49.4 Å². The Bertz CT molecular complexity index is 470. The van der Waals surface area contributed by atoms with E-state index in [1.807, 2.05) is 0 Å². The van der Waals surface area contributed by atoms with E-state index in [-0.39, 0.29) is 0 Å². The van der Waals surface area contributed by atoms with Crippen LogP contribution in [-0.4, -0.2) is 39.5 Å². The van der Waals surface area contributed by atoms with Crippen molar-refractivity contribution in [1.82, 2.24) is 9.62 Å². The van der Waals surface area contributed by atoms with Crippen molar-refractivity contribution in [2.24, 2.45) is 0 Å². The van der Waals surface area contributed by atoms with Crippen LogP contribution in [0.25, 0.3) is 0 Å². The van der Waals surface area contributed by atoms with E-state index in [4.69, 9.17) is 0 Å². The second-order valence-corrected chi connectivity index (χ2v) is 7.24. The standard InChI is InChI=1S/C13H21IN2O2S/c1-3-16(4-2)11-5-10-15-19(17,18)13-8-6-12(14)7-9-13/h6-9,15H,3-5,10-11H2,1-2H3. The molecule has 0 aliphatic heterocycles. The Kier molecular flexibility index (Phi) is 7.27. The van der Waals surface area contributed by atoms with Crippen molar-refractivity contribution in [2.45, 2.75) is 25.2 Å². The van der Waals surface area contributed by atoms with Gasteiger partial charge in [0.15, 0.2) is 0 Å². The molecule has 6 heteroatoms. The first-order chi connectivity index (χ1) is 8.99. The molecule has 0 aliphatic rings. The third kappa shape index (κ3) is 5.76. The third-order valence-corrected chi connectivity index (χ3v) is 5.16. The lowest BCUT2D eigenvalue weighted by Crippen LogP contribution is -2.30. The van der Waals surface area contributed by atoms with Crippen LogP contribution in [-0.2, 0) is 10.0 Å². The van der Waals surface area contributed by atoms with E-state index < -0.39 is 10.0 Å². The Hall–Kier alpha value is -0.180. The van der Waals surface area contributed by atoms with Gasteiger partial charge in [-0.25, -0.2) is 13.1 Å². The molecule has 0 aromatic heterocycles. The summed E-state index contributed by atoms with van der Waals surface area (Å²) in [6.45, 7) is 7.62. The fourth-order valence-corrected chi connectivity index (χ4v) is 3.18. The van der Waals surface area contributed by atoms with Crippen LogP contribution in [0.5, 0.6) is 0 Å². The molecule has 0 heterocycles. The van der Waals surface area contributed by atoms with E-state index in [1.54, 1.807) is 24.3 Å². The van der Waals surface area contributed by atoms with E-state index >= 15 is 0 Å². The molecule has 0 atom stereocenters. The Morgan fingerprint density at radius 2 is 1.74 bits per heavy atom. The first kappa shape index (κ1) is 16.9. The van der Waals surface area contributed by atoms with Crippen LogP contribution < -0.4 is 4.72 Å². The minimum absolute atomic E-state index is 0.329. The van der Waals surface area contributed by atoms with Gasteiger partial charge in [0, 0.05) is 10.1 Å². The molecule has 1 rings (SSSR count). The number of nitrogens with one attached hydrogen (secondary N) is 1. The second kappa shape index (κ2) is 8.18. The maximum Gasteiger partial charge on any atom is 0.240 e. The van der Waals surface area contributed by atoms with Crippen LogP contribution in [0.1, 0.15) is 20.3 Å². The van der Waals surface area contributed by atoms with Gasteiger partial charge >= 0.3 is 0 Å². The third-order valence-electron chi connectivity index (χ3n) is 2.96. The lowest BCUT2D eigenvalue weighted by atomic mass is 10.4. The fourth-order valence-electron chi connectivity index (χ4n) is 1.75. The van der Waals surface area contributed by atoms with Gasteiger partial charge in [0.25, 0.3) is 0 Å². The molecule has 0 saturated carbocycles. The predicted octanol–water partition coefficient (Wildman–Crippen LogP) is 2.30. The van der Waals surface area contributed by atoms with Crippen LogP contribution in [0.2, 0.25) is 0 Å². The van der Waals surface area contributed by atoms with E-state index in [0.717, 1.165) is 29.6 Å². The molecule has 0 bridgehead atoms. The van der Waals surface area contributed by atoms with E-state index in [0.29, 0.717) is 11.4 Å². The van der Waals surface area contributed by atoms with Gasteiger partial charge in [-0.1, -0.05) is 13.8 Å². The molecule has 0 spiro atoms. The van der Waals surface area contributed by atoms with E-state index in [2.05, 4.69) is 46.1 Å². The SMILES string of the molecule is CCN(CC)CCCNS(=O)(=O)c1ccc(I)cc1. The van der Waals surface area contributed by atoms with Crippen molar-refractivity contribution in [3.63, 3.8) is 0 Å². The Morgan fingerprint density at radius 3 is 2.26 bits per heavy atom. The summed E-state index contributed by atoms with van der Waals surface area (Å²) >= 11 is 2.15. The quantitative estimate of drug-likeness (QED) is 0.542. The molecule has 0 fully saturated rings. The van der Waals surface area contributed by atoms with E-state index in [9.17, 15) is 8.42 Å². The molecule has 4 nitrogen and oxygen atoms in total. The van der Waals surface area contributed by atoms with Crippen molar-refractivity contribution in [3.8, 4) is 0 Å². The molecule has 0 radical (unpaired) electrons. The summed E-state index contributed by atoms with van der Waals surface area (Å²) in [7, 11) is -3.36. The highest BCUT2D eigenvalue weighted by Crippen LogP contribution is 2.11. The summed E-state index contributed by atoms with van der Waals surface area (Å²) in [6, 6.07) is 6.86. The number of sulfonamides is 1. The van der Waals surface area contributed by atoms with Gasteiger partial charge in [-0.3, -0.25) is 0 Å². The molecule has 108 valence electrons. The van der Waals surface area contributed by atoms with Crippen LogP contribution >= 0.6 is 22.6 Å². The smallest absolute Gasteiger partial charge is 0.240 e. The number of nitrogens with zero attached hydrogens (tertiary/aromatic N) is 1. The Balaban J connectivity index is 2.45. The van der Waals surface area contributed by atoms with Crippen molar-refractivity contribution < 1.29 is 8.42 Å². The highest BCUT2D eigenvalue weighted by Gasteiger charge is 2.12. The fraction of sp³-hybridized carbons (Fsp3) is 0.538. The van der Waals surface area contributed by atoms with Gasteiger partial charge in [-0.05, 0) is 72.9 Å². The summed E-state index contributed by atoms with van der Waals surface area (Å²) in [4.78, 5) is 2.61.